The lowest BCUT2D eigenvalue weighted by Crippen LogP contribution is -2.41. The smallest absolute Gasteiger partial charge is 0.191 e. The van der Waals surface area contributed by atoms with E-state index in [1.54, 1.807) is 0 Å². The van der Waals surface area contributed by atoms with Crippen LogP contribution in [0, 0.1) is 0 Å². The molecule has 1 aliphatic heterocycles. The summed E-state index contributed by atoms with van der Waals surface area (Å²) in [5.74, 6) is 0.851. The van der Waals surface area contributed by atoms with Crippen LogP contribution < -0.4 is 10.6 Å². The molecular weight excluding hydrogens is 274 g/mol. The predicted octanol–water partition coefficient (Wildman–Crippen LogP) is 2.48. The van der Waals surface area contributed by atoms with Crippen LogP contribution in [-0.4, -0.2) is 38.8 Å². The molecule has 1 heterocycles. The maximum atomic E-state index is 5.57. The number of hydrogen-bond acceptors (Lipinski definition) is 2. The number of nitrogens with one attached hydrogen (secondary N) is 2. The Kier molecular flexibility index (Phi) is 6.46. The molecule has 0 unspecified atom stereocenters. The van der Waals surface area contributed by atoms with Gasteiger partial charge >= 0.3 is 0 Å². The average Bonchev–Trinajstić information content (AvgIpc) is 2.59. The Bertz CT molecular complexity index is 478. The topological polar surface area (TPSA) is 45.7 Å². The second-order valence-electron chi connectivity index (χ2n) is 5.62. The lowest BCUT2D eigenvalue weighted by molar-refractivity contribution is 0.0531. The van der Waals surface area contributed by atoms with Crippen LogP contribution in [0.15, 0.2) is 48.0 Å². The second kappa shape index (κ2) is 8.59. The highest BCUT2D eigenvalue weighted by Gasteiger charge is 2.34. The molecule has 1 saturated heterocycles. The minimum atomic E-state index is 0.0794. The molecule has 1 aliphatic rings. The van der Waals surface area contributed by atoms with Gasteiger partial charge in [0, 0.05) is 31.7 Å². The van der Waals surface area contributed by atoms with Crippen molar-refractivity contribution in [3.63, 3.8) is 0 Å². The lowest BCUT2D eigenvalue weighted by atomic mass is 9.74. The van der Waals surface area contributed by atoms with Crippen molar-refractivity contribution < 1.29 is 4.74 Å². The van der Waals surface area contributed by atoms with Crippen molar-refractivity contribution >= 4 is 5.96 Å². The molecule has 1 aromatic rings. The third-order valence-corrected chi connectivity index (χ3v) is 4.13. The van der Waals surface area contributed by atoms with Crippen LogP contribution in [0.25, 0.3) is 0 Å². The predicted molar refractivity (Wildman–Crippen MR) is 92.4 cm³/mol. The molecule has 0 saturated carbocycles. The van der Waals surface area contributed by atoms with E-state index in [0.717, 1.165) is 45.1 Å². The van der Waals surface area contributed by atoms with Crippen molar-refractivity contribution in [2.75, 3.05) is 32.8 Å². The number of nitrogens with zero attached hydrogens (tertiary/aromatic N) is 1. The first-order valence-corrected chi connectivity index (χ1v) is 8.07. The van der Waals surface area contributed by atoms with Gasteiger partial charge in [-0.25, -0.2) is 0 Å². The molecule has 0 radical (unpaired) electrons. The molecule has 1 aromatic carbocycles. The fourth-order valence-corrected chi connectivity index (χ4v) is 2.83. The number of rotatable bonds is 6. The first-order chi connectivity index (χ1) is 10.8. The Labute approximate surface area is 133 Å². The fraction of sp³-hybridized carbons (Fsp3) is 0.500. The average molecular weight is 301 g/mol. The summed E-state index contributed by atoms with van der Waals surface area (Å²) >= 11 is 0. The maximum absolute atomic E-state index is 5.57. The van der Waals surface area contributed by atoms with E-state index in [-0.39, 0.29) is 5.41 Å². The molecule has 1 fully saturated rings. The van der Waals surface area contributed by atoms with Crippen molar-refractivity contribution in [1.29, 1.82) is 0 Å². The third kappa shape index (κ3) is 4.34. The fourth-order valence-electron chi connectivity index (χ4n) is 2.83. The molecular formula is C18H27N3O. The molecule has 0 aliphatic carbocycles. The van der Waals surface area contributed by atoms with E-state index >= 15 is 0 Å². The number of ether oxygens (including phenoxy) is 1. The zero-order chi connectivity index (χ0) is 15.7. The highest BCUT2D eigenvalue weighted by molar-refractivity contribution is 5.79. The van der Waals surface area contributed by atoms with Gasteiger partial charge in [-0.2, -0.15) is 0 Å². The summed E-state index contributed by atoms with van der Waals surface area (Å²) in [5, 5.41) is 6.55. The number of aliphatic imine (C=N–C) groups is 1. The first kappa shape index (κ1) is 16.6. The quantitative estimate of drug-likeness (QED) is 0.482. The molecule has 4 heteroatoms. The van der Waals surface area contributed by atoms with Gasteiger partial charge in [0.25, 0.3) is 0 Å². The number of guanidine groups is 1. The summed E-state index contributed by atoms with van der Waals surface area (Å²) in [6.45, 7) is 9.77. The molecule has 0 spiro atoms. The minimum Gasteiger partial charge on any atom is -0.381 e. The SMILES string of the molecule is C=CCNC(=NCC1(c2ccccc2)CCOCC1)NCC. The highest BCUT2D eigenvalue weighted by atomic mass is 16.5. The van der Waals surface area contributed by atoms with Crippen LogP contribution >= 0.6 is 0 Å². The summed E-state index contributed by atoms with van der Waals surface area (Å²) in [6.07, 6.45) is 3.87. The Morgan fingerprint density at radius 2 is 2.00 bits per heavy atom. The van der Waals surface area contributed by atoms with E-state index in [1.165, 1.54) is 5.56 Å². The molecule has 22 heavy (non-hydrogen) atoms. The monoisotopic (exact) mass is 301 g/mol. The molecule has 0 amide bonds. The zero-order valence-electron chi connectivity index (χ0n) is 13.5. The Hall–Kier alpha value is -1.81. The van der Waals surface area contributed by atoms with E-state index in [0.29, 0.717) is 6.54 Å². The van der Waals surface area contributed by atoms with Crippen LogP contribution in [-0.2, 0) is 10.2 Å². The Morgan fingerprint density at radius 1 is 1.27 bits per heavy atom. The van der Waals surface area contributed by atoms with Crippen molar-refractivity contribution in [2.24, 2.45) is 4.99 Å². The van der Waals surface area contributed by atoms with E-state index in [2.05, 4.69) is 54.5 Å². The van der Waals surface area contributed by atoms with Gasteiger partial charge in [-0.05, 0) is 25.3 Å². The van der Waals surface area contributed by atoms with E-state index in [1.807, 2.05) is 6.08 Å². The highest BCUT2D eigenvalue weighted by Crippen LogP contribution is 2.35. The summed E-state index contributed by atoms with van der Waals surface area (Å²) in [6, 6.07) is 10.7. The Morgan fingerprint density at radius 3 is 2.64 bits per heavy atom. The molecule has 2 N–H and O–H groups in total. The molecule has 0 bridgehead atoms. The summed E-state index contributed by atoms with van der Waals surface area (Å²) in [5.41, 5.74) is 1.44. The van der Waals surface area contributed by atoms with Crippen molar-refractivity contribution in [3.8, 4) is 0 Å². The van der Waals surface area contributed by atoms with Gasteiger partial charge in [0.2, 0.25) is 0 Å². The standard InChI is InChI=1S/C18H27N3O/c1-3-12-20-17(19-4-2)21-15-18(10-13-22-14-11-18)16-8-6-5-7-9-16/h3,5-9H,1,4,10-15H2,2H3,(H2,19,20,21). The van der Waals surface area contributed by atoms with Crippen LogP contribution in [0.3, 0.4) is 0 Å². The van der Waals surface area contributed by atoms with Crippen LogP contribution in [0.4, 0.5) is 0 Å². The molecule has 0 atom stereocenters. The van der Waals surface area contributed by atoms with Crippen molar-refractivity contribution in [3.05, 3.63) is 48.6 Å². The zero-order valence-corrected chi connectivity index (χ0v) is 13.5. The molecule has 2 rings (SSSR count). The van der Waals surface area contributed by atoms with Gasteiger partial charge in [0.1, 0.15) is 0 Å². The van der Waals surface area contributed by atoms with E-state index in [9.17, 15) is 0 Å². The maximum Gasteiger partial charge on any atom is 0.191 e. The van der Waals surface area contributed by atoms with Crippen LogP contribution in [0.1, 0.15) is 25.3 Å². The van der Waals surface area contributed by atoms with Gasteiger partial charge in [-0.3, -0.25) is 4.99 Å². The summed E-state index contributed by atoms with van der Waals surface area (Å²) in [7, 11) is 0. The lowest BCUT2D eigenvalue weighted by Gasteiger charge is -2.36. The summed E-state index contributed by atoms with van der Waals surface area (Å²) < 4.78 is 5.57. The van der Waals surface area contributed by atoms with Gasteiger partial charge in [-0.15, -0.1) is 6.58 Å². The van der Waals surface area contributed by atoms with Gasteiger partial charge in [0.05, 0.1) is 6.54 Å². The van der Waals surface area contributed by atoms with E-state index < -0.39 is 0 Å². The second-order valence-corrected chi connectivity index (χ2v) is 5.62. The first-order valence-electron chi connectivity index (χ1n) is 8.07. The normalized spacial score (nSPS) is 17.8. The van der Waals surface area contributed by atoms with Gasteiger partial charge in [0.15, 0.2) is 5.96 Å². The van der Waals surface area contributed by atoms with E-state index in [4.69, 9.17) is 9.73 Å². The van der Waals surface area contributed by atoms with Crippen molar-refractivity contribution in [2.45, 2.75) is 25.2 Å². The Balaban J connectivity index is 2.17. The number of benzene rings is 1. The molecule has 120 valence electrons. The number of hydrogen-bond donors (Lipinski definition) is 2. The van der Waals surface area contributed by atoms with Gasteiger partial charge < -0.3 is 15.4 Å². The summed E-state index contributed by atoms with van der Waals surface area (Å²) in [4.78, 5) is 4.81. The van der Waals surface area contributed by atoms with Crippen LogP contribution in [0.2, 0.25) is 0 Å². The molecule has 0 aromatic heterocycles. The minimum absolute atomic E-state index is 0.0794. The third-order valence-electron chi connectivity index (χ3n) is 4.13. The largest absolute Gasteiger partial charge is 0.381 e. The molecule has 4 nitrogen and oxygen atoms in total. The van der Waals surface area contributed by atoms with Crippen LogP contribution in [0.5, 0.6) is 0 Å². The van der Waals surface area contributed by atoms with Crippen molar-refractivity contribution in [1.82, 2.24) is 10.6 Å². The van der Waals surface area contributed by atoms with Gasteiger partial charge in [-0.1, -0.05) is 36.4 Å².